The average Bonchev–Trinajstić information content (AvgIpc) is 3.22. The average molecular weight is 396 g/mol. The van der Waals surface area contributed by atoms with Gasteiger partial charge >= 0.3 is 0 Å². The fourth-order valence-electron chi connectivity index (χ4n) is 3.43. The molecule has 2 rings (SSSR count). The second-order valence-electron chi connectivity index (χ2n) is 8.21. The molecule has 0 spiro atoms. The van der Waals surface area contributed by atoms with Crippen LogP contribution >= 0.6 is 0 Å². The van der Waals surface area contributed by atoms with Crippen molar-refractivity contribution in [1.29, 1.82) is 0 Å². The number of hydrogen-bond donors (Lipinski definition) is 1. The molecule has 1 aromatic carbocycles. The smallest absolute Gasteiger partial charge is 0.132 e. The minimum atomic E-state index is 0.245. The van der Waals surface area contributed by atoms with Crippen molar-refractivity contribution in [1.82, 2.24) is 4.90 Å². The van der Waals surface area contributed by atoms with Crippen molar-refractivity contribution in [3.8, 4) is 0 Å². The Morgan fingerprint density at radius 3 is 2.45 bits per heavy atom. The van der Waals surface area contributed by atoms with Crippen LogP contribution in [0.25, 0.3) is 5.57 Å². The summed E-state index contributed by atoms with van der Waals surface area (Å²) in [5.41, 5.74) is 11.9. The molecule has 2 atom stereocenters. The number of nitrogens with two attached hydrogens (primary N) is 1. The van der Waals surface area contributed by atoms with Gasteiger partial charge in [0.25, 0.3) is 0 Å². The van der Waals surface area contributed by atoms with Gasteiger partial charge in [-0.2, -0.15) is 0 Å². The molecule has 4 heteroatoms. The maximum absolute atomic E-state index is 6.19. The second-order valence-corrected chi connectivity index (χ2v) is 8.21. The maximum Gasteiger partial charge on any atom is 0.132 e. The van der Waals surface area contributed by atoms with Gasteiger partial charge in [-0.1, -0.05) is 55.9 Å². The van der Waals surface area contributed by atoms with Gasteiger partial charge in [0.05, 0.1) is 11.5 Å². The summed E-state index contributed by atoms with van der Waals surface area (Å²) >= 11 is 0. The molecule has 2 N–H and O–H groups in total. The lowest BCUT2D eigenvalue weighted by atomic mass is 9.94. The van der Waals surface area contributed by atoms with Gasteiger partial charge in [0.15, 0.2) is 0 Å². The molecule has 0 bridgehead atoms. The largest absolute Gasteiger partial charge is 0.385 e. The molecule has 1 aliphatic heterocycles. The Morgan fingerprint density at radius 2 is 1.90 bits per heavy atom. The minimum absolute atomic E-state index is 0.245. The van der Waals surface area contributed by atoms with Crippen LogP contribution in [-0.2, 0) is 4.84 Å². The summed E-state index contributed by atoms with van der Waals surface area (Å²) in [5, 5.41) is 4.55. The molecule has 2 unspecified atom stereocenters. The number of nitrogens with zero attached hydrogens (tertiary/aromatic N) is 2. The Bertz CT molecular complexity index is 798. The molecule has 0 radical (unpaired) electrons. The molecule has 1 fully saturated rings. The van der Waals surface area contributed by atoms with Crippen LogP contribution in [0.1, 0.15) is 65.5 Å². The zero-order chi connectivity index (χ0) is 21.6. The molecule has 1 aromatic rings. The van der Waals surface area contributed by atoms with E-state index in [0.29, 0.717) is 5.92 Å². The van der Waals surface area contributed by atoms with Crippen molar-refractivity contribution < 1.29 is 4.84 Å². The Hall–Kier alpha value is -2.49. The van der Waals surface area contributed by atoms with Crippen molar-refractivity contribution in [3.05, 3.63) is 65.2 Å². The SMILES string of the molecule is C=C(O/N=C(/c1ccc(/C(C)=C/C)cc1)C(C)CC)C1CCN(C(N)=C(C)C)C1. The number of benzene rings is 1. The summed E-state index contributed by atoms with van der Waals surface area (Å²) < 4.78 is 0. The van der Waals surface area contributed by atoms with Gasteiger partial charge in [-0.05, 0) is 62.8 Å². The predicted octanol–water partition coefficient (Wildman–Crippen LogP) is 5.92. The van der Waals surface area contributed by atoms with E-state index in [1.54, 1.807) is 0 Å². The summed E-state index contributed by atoms with van der Waals surface area (Å²) in [4.78, 5) is 8.06. The van der Waals surface area contributed by atoms with Gasteiger partial charge in [0.2, 0.25) is 0 Å². The first kappa shape index (κ1) is 22.8. The molecule has 1 heterocycles. The number of allylic oxidation sites excluding steroid dienone is 3. The summed E-state index contributed by atoms with van der Waals surface area (Å²) in [7, 11) is 0. The highest BCUT2D eigenvalue weighted by atomic mass is 16.6. The van der Waals surface area contributed by atoms with Crippen molar-refractivity contribution >= 4 is 11.3 Å². The second kappa shape index (κ2) is 10.3. The lowest BCUT2D eigenvalue weighted by Gasteiger charge is -2.20. The van der Waals surface area contributed by atoms with E-state index in [2.05, 4.69) is 74.7 Å². The predicted molar refractivity (Wildman–Crippen MR) is 124 cm³/mol. The highest BCUT2D eigenvalue weighted by molar-refractivity contribution is 6.01. The van der Waals surface area contributed by atoms with Crippen molar-refractivity contribution in [2.45, 2.75) is 54.4 Å². The molecule has 1 saturated heterocycles. The monoisotopic (exact) mass is 395 g/mol. The number of likely N-dealkylation sites (tertiary alicyclic amines) is 1. The molecular weight excluding hydrogens is 358 g/mol. The normalized spacial score (nSPS) is 18.6. The van der Waals surface area contributed by atoms with Crippen LogP contribution in [0, 0.1) is 11.8 Å². The summed E-state index contributed by atoms with van der Waals surface area (Å²) in [5.74, 6) is 2.13. The Kier molecular flexibility index (Phi) is 8.12. The van der Waals surface area contributed by atoms with Crippen molar-refractivity contribution in [3.63, 3.8) is 0 Å². The molecule has 4 nitrogen and oxygen atoms in total. The highest BCUT2D eigenvalue weighted by Crippen LogP contribution is 2.27. The fourth-order valence-corrected chi connectivity index (χ4v) is 3.43. The third kappa shape index (κ3) is 5.75. The van der Waals surface area contributed by atoms with Crippen LogP contribution in [0.3, 0.4) is 0 Å². The van der Waals surface area contributed by atoms with Crippen LogP contribution in [0.4, 0.5) is 0 Å². The van der Waals surface area contributed by atoms with Gasteiger partial charge in [-0.25, -0.2) is 0 Å². The van der Waals surface area contributed by atoms with E-state index in [9.17, 15) is 0 Å². The Morgan fingerprint density at radius 1 is 1.28 bits per heavy atom. The van der Waals surface area contributed by atoms with E-state index in [-0.39, 0.29) is 5.92 Å². The summed E-state index contributed by atoms with van der Waals surface area (Å²) in [6, 6.07) is 8.56. The van der Waals surface area contributed by atoms with Crippen LogP contribution in [0.5, 0.6) is 0 Å². The molecule has 29 heavy (non-hydrogen) atoms. The van der Waals surface area contributed by atoms with Crippen molar-refractivity contribution in [2.24, 2.45) is 22.7 Å². The van der Waals surface area contributed by atoms with E-state index >= 15 is 0 Å². The summed E-state index contributed by atoms with van der Waals surface area (Å²) in [6.45, 7) is 18.5. The van der Waals surface area contributed by atoms with Crippen LogP contribution in [-0.4, -0.2) is 23.7 Å². The lowest BCUT2D eigenvalue weighted by molar-refractivity contribution is 0.189. The lowest BCUT2D eigenvalue weighted by Crippen LogP contribution is -2.26. The van der Waals surface area contributed by atoms with E-state index < -0.39 is 0 Å². The quantitative estimate of drug-likeness (QED) is 0.337. The van der Waals surface area contributed by atoms with Crippen LogP contribution in [0.15, 0.2) is 59.2 Å². The van der Waals surface area contributed by atoms with E-state index in [0.717, 1.165) is 54.4 Å². The topological polar surface area (TPSA) is 50.8 Å². The van der Waals surface area contributed by atoms with E-state index in [4.69, 9.17) is 10.6 Å². The fraction of sp³-hybridized carbons (Fsp3) is 0.480. The Labute approximate surface area is 176 Å². The molecule has 0 aliphatic carbocycles. The number of oxime groups is 1. The first-order valence-corrected chi connectivity index (χ1v) is 10.6. The van der Waals surface area contributed by atoms with Gasteiger partial charge in [-0.3, -0.25) is 0 Å². The molecule has 0 saturated carbocycles. The zero-order valence-electron chi connectivity index (χ0n) is 19.0. The highest BCUT2D eigenvalue weighted by Gasteiger charge is 2.27. The summed E-state index contributed by atoms with van der Waals surface area (Å²) in [6.07, 6.45) is 4.11. The van der Waals surface area contributed by atoms with E-state index in [1.165, 1.54) is 11.1 Å². The van der Waals surface area contributed by atoms with Crippen molar-refractivity contribution in [2.75, 3.05) is 13.1 Å². The van der Waals surface area contributed by atoms with E-state index in [1.807, 2.05) is 13.8 Å². The van der Waals surface area contributed by atoms with Crippen LogP contribution < -0.4 is 5.73 Å². The Balaban J connectivity index is 2.13. The maximum atomic E-state index is 6.19. The minimum Gasteiger partial charge on any atom is -0.385 e. The molecule has 0 aromatic heterocycles. The van der Waals surface area contributed by atoms with Gasteiger partial charge in [0, 0.05) is 24.9 Å². The standard InChI is InChI=1S/C25H37N3O/c1-8-18(5)21-10-12-22(13-11-21)24(19(6)9-2)27-29-20(7)23-14-15-28(16-23)25(26)17(3)4/h8,10-13,19,23H,7,9,14-16,26H2,1-6H3/b18-8+,27-24+. The molecule has 1 aliphatic rings. The third-order valence-corrected chi connectivity index (χ3v) is 5.91. The number of rotatable bonds is 8. The molecular formula is C25H37N3O. The third-order valence-electron chi connectivity index (χ3n) is 5.91. The van der Waals surface area contributed by atoms with Gasteiger partial charge < -0.3 is 15.5 Å². The molecule has 0 amide bonds. The van der Waals surface area contributed by atoms with Gasteiger partial charge in [-0.15, -0.1) is 0 Å². The molecule has 158 valence electrons. The first-order chi connectivity index (χ1) is 13.8. The zero-order valence-corrected chi connectivity index (χ0v) is 19.0. The number of hydrogen-bond acceptors (Lipinski definition) is 4. The van der Waals surface area contributed by atoms with Gasteiger partial charge in [0.1, 0.15) is 5.76 Å². The first-order valence-electron chi connectivity index (χ1n) is 10.6. The van der Waals surface area contributed by atoms with Crippen LogP contribution in [0.2, 0.25) is 0 Å².